The summed E-state index contributed by atoms with van der Waals surface area (Å²) in [6.07, 6.45) is 1.54. The molecule has 0 unspecified atom stereocenters. The highest BCUT2D eigenvalue weighted by atomic mass is 16.5. The Kier molecular flexibility index (Phi) is 4.82. The normalized spacial score (nSPS) is 11.3. The number of carbonyl (C=O) groups is 1. The highest BCUT2D eigenvalue weighted by molar-refractivity contribution is 6.02. The van der Waals surface area contributed by atoms with Crippen LogP contribution in [0.4, 0.5) is 0 Å². The molecule has 0 saturated heterocycles. The van der Waals surface area contributed by atoms with Crippen LogP contribution in [0, 0.1) is 6.92 Å². The van der Waals surface area contributed by atoms with Crippen molar-refractivity contribution in [2.45, 2.75) is 20.4 Å². The zero-order valence-electron chi connectivity index (χ0n) is 12.5. The van der Waals surface area contributed by atoms with Gasteiger partial charge in [-0.15, -0.1) is 0 Å². The van der Waals surface area contributed by atoms with Gasteiger partial charge in [-0.05, 0) is 43.7 Å². The maximum Gasteiger partial charge on any atom is 0.222 e. The molecule has 2 aromatic rings. The van der Waals surface area contributed by atoms with Crippen LogP contribution >= 0.6 is 0 Å². The third-order valence-corrected chi connectivity index (χ3v) is 3.06. The van der Waals surface area contributed by atoms with Gasteiger partial charge >= 0.3 is 0 Å². The van der Waals surface area contributed by atoms with Crippen molar-refractivity contribution in [2.24, 2.45) is 0 Å². The van der Waals surface area contributed by atoms with Crippen LogP contribution in [0.3, 0.4) is 0 Å². The van der Waals surface area contributed by atoms with E-state index < -0.39 is 0 Å². The van der Waals surface area contributed by atoms with E-state index in [0.717, 1.165) is 22.8 Å². The lowest BCUT2D eigenvalue weighted by Gasteiger charge is -2.07. The lowest BCUT2D eigenvalue weighted by atomic mass is 10.2. The standard InChI is InChI=1S/C17H19NO3/c1-12(10-16(19)17-9-4-13(2)21-17)18-11-14-5-7-15(20-3)8-6-14/h4-10,18H,11H2,1-3H3/b12-10+. The molecule has 0 atom stereocenters. The van der Waals surface area contributed by atoms with Crippen LogP contribution in [0.25, 0.3) is 0 Å². The number of ketones is 1. The van der Waals surface area contributed by atoms with E-state index >= 15 is 0 Å². The summed E-state index contributed by atoms with van der Waals surface area (Å²) in [6.45, 7) is 4.32. The average molecular weight is 285 g/mol. The Morgan fingerprint density at radius 2 is 1.95 bits per heavy atom. The Morgan fingerprint density at radius 3 is 2.52 bits per heavy atom. The molecule has 21 heavy (non-hydrogen) atoms. The zero-order valence-corrected chi connectivity index (χ0v) is 12.5. The van der Waals surface area contributed by atoms with Gasteiger partial charge in [0.1, 0.15) is 11.5 Å². The molecular formula is C17H19NO3. The number of carbonyl (C=O) groups excluding carboxylic acids is 1. The fourth-order valence-electron chi connectivity index (χ4n) is 1.87. The van der Waals surface area contributed by atoms with Crippen LogP contribution in [0.2, 0.25) is 0 Å². The van der Waals surface area contributed by atoms with E-state index in [1.54, 1.807) is 25.3 Å². The number of aryl methyl sites for hydroxylation is 1. The van der Waals surface area contributed by atoms with Gasteiger partial charge in [-0.2, -0.15) is 0 Å². The maximum atomic E-state index is 11.9. The molecule has 0 fully saturated rings. The second-order valence-corrected chi connectivity index (χ2v) is 4.80. The number of hydrogen-bond donors (Lipinski definition) is 1. The van der Waals surface area contributed by atoms with Crippen molar-refractivity contribution in [1.82, 2.24) is 5.32 Å². The van der Waals surface area contributed by atoms with E-state index in [2.05, 4.69) is 5.32 Å². The molecule has 4 heteroatoms. The molecule has 0 aliphatic carbocycles. The second-order valence-electron chi connectivity index (χ2n) is 4.80. The third kappa shape index (κ3) is 4.24. The number of rotatable bonds is 6. The molecule has 0 aliphatic heterocycles. The molecule has 1 aromatic carbocycles. The summed E-state index contributed by atoms with van der Waals surface area (Å²) < 4.78 is 10.4. The molecule has 0 bridgehead atoms. The molecule has 1 aromatic heterocycles. The monoisotopic (exact) mass is 285 g/mol. The van der Waals surface area contributed by atoms with Gasteiger partial charge in [0.2, 0.25) is 5.78 Å². The average Bonchev–Trinajstić information content (AvgIpc) is 2.92. The number of allylic oxidation sites excluding steroid dienone is 2. The first-order valence-electron chi connectivity index (χ1n) is 6.74. The van der Waals surface area contributed by atoms with Crippen LogP contribution in [0.15, 0.2) is 52.6 Å². The Labute approximate surface area is 124 Å². The lowest BCUT2D eigenvalue weighted by molar-refractivity contribution is 0.101. The number of benzene rings is 1. The van der Waals surface area contributed by atoms with Crippen LogP contribution in [0.5, 0.6) is 5.75 Å². The van der Waals surface area contributed by atoms with Crippen molar-refractivity contribution in [2.75, 3.05) is 7.11 Å². The number of ether oxygens (including phenoxy) is 1. The van der Waals surface area contributed by atoms with E-state index in [4.69, 9.17) is 9.15 Å². The Morgan fingerprint density at radius 1 is 1.24 bits per heavy atom. The summed E-state index contributed by atoms with van der Waals surface area (Å²) in [4.78, 5) is 11.9. The van der Waals surface area contributed by atoms with Gasteiger partial charge in [0.25, 0.3) is 0 Å². The predicted molar refractivity (Wildman–Crippen MR) is 81.4 cm³/mol. The van der Waals surface area contributed by atoms with E-state index in [1.807, 2.05) is 38.1 Å². The van der Waals surface area contributed by atoms with Gasteiger partial charge in [0.15, 0.2) is 5.76 Å². The molecule has 0 spiro atoms. The highest BCUT2D eigenvalue weighted by Crippen LogP contribution is 2.12. The topological polar surface area (TPSA) is 51.5 Å². The van der Waals surface area contributed by atoms with E-state index in [-0.39, 0.29) is 5.78 Å². The second kappa shape index (κ2) is 6.79. The molecule has 0 aliphatic rings. The van der Waals surface area contributed by atoms with Crippen molar-refractivity contribution in [1.29, 1.82) is 0 Å². The van der Waals surface area contributed by atoms with Gasteiger partial charge in [-0.3, -0.25) is 4.79 Å². The molecule has 2 rings (SSSR count). The molecule has 0 radical (unpaired) electrons. The van der Waals surface area contributed by atoms with Crippen LogP contribution in [-0.2, 0) is 6.54 Å². The van der Waals surface area contributed by atoms with E-state index in [1.165, 1.54) is 0 Å². The minimum absolute atomic E-state index is 0.136. The minimum Gasteiger partial charge on any atom is -0.497 e. The molecular weight excluding hydrogens is 266 g/mol. The SMILES string of the molecule is COc1ccc(CN/C(C)=C/C(=O)c2ccc(C)o2)cc1. The number of methoxy groups -OCH3 is 1. The van der Waals surface area contributed by atoms with Gasteiger partial charge in [-0.1, -0.05) is 12.1 Å². The molecule has 0 amide bonds. The Balaban J connectivity index is 1.92. The Hall–Kier alpha value is -2.49. The number of furan rings is 1. The summed E-state index contributed by atoms with van der Waals surface area (Å²) in [5, 5.41) is 3.20. The molecule has 4 nitrogen and oxygen atoms in total. The van der Waals surface area contributed by atoms with E-state index in [0.29, 0.717) is 12.3 Å². The smallest absolute Gasteiger partial charge is 0.222 e. The van der Waals surface area contributed by atoms with Crippen molar-refractivity contribution in [3.63, 3.8) is 0 Å². The van der Waals surface area contributed by atoms with E-state index in [9.17, 15) is 4.79 Å². The summed E-state index contributed by atoms with van der Waals surface area (Å²) in [5.41, 5.74) is 1.91. The summed E-state index contributed by atoms with van der Waals surface area (Å²) in [7, 11) is 1.64. The summed E-state index contributed by atoms with van der Waals surface area (Å²) in [5.74, 6) is 1.78. The summed E-state index contributed by atoms with van der Waals surface area (Å²) >= 11 is 0. The number of hydrogen-bond acceptors (Lipinski definition) is 4. The van der Waals surface area contributed by atoms with Gasteiger partial charge in [0, 0.05) is 18.3 Å². The fraction of sp³-hybridized carbons (Fsp3) is 0.235. The van der Waals surface area contributed by atoms with Crippen LogP contribution < -0.4 is 10.1 Å². The highest BCUT2D eigenvalue weighted by Gasteiger charge is 2.07. The number of nitrogens with one attached hydrogen (secondary N) is 1. The van der Waals surface area contributed by atoms with Crippen molar-refractivity contribution in [3.8, 4) is 5.75 Å². The van der Waals surface area contributed by atoms with Gasteiger partial charge < -0.3 is 14.5 Å². The zero-order chi connectivity index (χ0) is 15.2. The molecule has 1 heterocycles. The molecule has 110 valence electrons. The molecule has 0 saturated carbocycles. The van der Waals surface area contributed by atoms with Gasteiger partial charge in [0.05, 0.1) is 7.11 Å². The first-order chi connectivity index (χ1) is 10.1. The maximum absolute atomic E-state index is 11.9. The van der Waals surface area contributed by atoms with Crippen molar-refractivity contribution < 1.29 is 13.9 Å². The van der Waals surface area contributed by atoms with Crippen LogP contribution in [0.1, 0.15) is 28.8 Å². The first-order valence-corrected chi connectivity index (χ1v) is 6.74. The predicted octanol–water partition coefficient (Wildman–Crippen LogP) is 3.47. The molecule has 1 N–H and O–H groups in total. The largest absolute Gasteiger partial charge is 0.497 e. The van der Waals surface area contributed by atoms with Gasteiger partial charge in [-0.25, -0.2) is 0 Å². The minimum atomic E-state index is -0.136. The summed E-state index contributed by atoms with van der Waals surface area (Å²) in [6, 6.07) is 11.2. The van der Waals surface area contributed by atoms with Crippen molar-refractivity contribution >= 4 is 5.78 Å². The van der Waals surface area contributed by atoms with Crippen LogP contribution in [-0.4, -0.2) is 12.9 Å². The lowest BCUT2D eigenvalue weighted by Crippen LogP contribution is -2.12. The first kappa shape index (κ1) is 14.9. The fourth-order valence-corrected chi connectivity index (χ4v) is 1.87. The quantitative estimate of drug-likeness (QED) is 0.652. The Bertz CT molecular complexity index is 638. The third-order valence-electron chi connectivity index (χ3n) is 3.06. The van der Waals surface area contributed by atoms with Crippen molar-refractivity contribution in [3.05, 3.63) is 65.3 Å².